The summed E-state index contributed by atoms with van der Waals surface area (Å²) in [5, 5.41) is 25.3. The summed E-state index contributed by atoms with van der Waals surface area (Å²) in [7, 11) is 0. The van der Waals surface area contributed by atoms with Gasteiger partial charge in [-0.15, -0.1) is 16.9 Å². The first-order valence-corrected chi connectivity index (χ1v) is 8.92. The topological polar surface area (TPSA) is 141 Å². The highest BCUT2D eigenvalue weighted by Gasteiger charge is 2.63. The monoisotopic (exact) mass is 368 g/mol. The highest BCUT2D eigenvalue weighted by atomic mass is 32.2. The van der Waals surface area contributed by atoms with Gasteiger partial charge in [0.1, 0.15) is 23.4 Å². The normalized spacial score (nSPS) is 28.2. The van der Waals surface area contributed by atoms with E-state index in [1.807, 2.05) is 20.8 Å². The predicted octanol–water partition coefficient (Wildman–Crippen LogP) is -0.0798. The molecule has 2 saturated heterocycles. The van der Waals surface area contributed by atoms with Gasteiger partial charge in [-0.05, 0) is 30.7 Å². The second-order valence-electron chi connectivity index (χ2n) is 6.71. The number of nitrogens with one attached hydrogen (secondary N) is 2. The zero-order chi connectivity index (χ0) is 18.4. The summed E-state index contributed by atoms with van der Waals surface area (Å²) in [6, 6.07) is -1.06. The number of carboxylic acid groups (broad SMARTS) is 1. The van der Waals surface area contributed by atoms with Gasteiger partial charge in [-0.25, -0.2) is 5.10 Å². The molecule has 0 aromatic carbocycles. The van der Waals surface area contributed by atoms with E-state index < -0.39 is 23.8 Å². The van der Waals surface area contributed by atoms with Gasteiger partial charge in [0, 0.05) is 4.75 Å². The van der Waals surface area contributed by atoms with Gasteiger partial charge in [0.05, 0.1) is 0 Å². The molecule has 25 heavy (non-hydrogen) atoms. The van der Waals surface area contributed by atoms with Crippen LogP contribution in [0.1, 0.15) is 45.5 Å². The van der Waals surface area contributed by atoms with Gasteiger partial charge in [0.2, 0.25) is 11.8 Å². The Morgan fingerprint density at radius 3 is 2.76 bits per heavy atom. The number of thioether (sulfide) groups is 1. The number of carbonyl (C=O) groups is 3. The van der Waals surface area contributed by atoms with Crippen molar-refractivity contribution in [2.45, 2.75) is 55.8 Å². The largest absolute Gasteiger partial charge is 0.481 e. The number of H-pyrrole nitrogens is 1. The van der Waals surface area contributed by atoms with Gasteiger partial charge in [0.25, 0.3) is 0 Å². The summed E-state index contributed by atoms with van der Waals surface area (Å²) in [4.78, 5) is 37.8. The van der Waals surface area contributed by atoms with Gasteiger partial charge in [0.15, 0.2) is 5.82 Å². The molecule has 3 rings (SSSR count). The molecule has 0 bridgehead atoms. The highest BCUT2D eigenvalue weighted by Crippen LogP contribution is 2.56. The van der Waals surface area contributed by atoms with Crippen molar-refractivity contribution in [3.8, 4) is 0 Å². The number of β-lactam (4-membered cyclic amide) rings is 1. The summed E-state index contributed by atoms with van der Waals surface area (Å²) in [5.41, 5.74) is 0. The third-order valence-corrected chi connectivity index (χ3v) is 6.12. The van der Waals surface area contributed by atoms with Gasteiger partial charge < -0.3 is 15.3 Å². The van der Waals surface area contributed by atoms with Crippen LogP contribution in [0.4, 0.5) is 0 Å². The SMILES string of the molecule is CCCC(C(=O)O)C(=O)NC1C(=O)N2C(c3nnn[nH]3)C(C)(C)S[C@@H]12. The Hall–Kier alpha value is -2.17. The molecule has 0 radical (unpaired) electrons. The van der Waals surface area contributed by atoms with Crippen LogP contribution in [0.5, 0.6) is 0 Å². The van der Waals surface area contributed by atoms with Crippen molar-refractivity contribution < 1.29 is 19.5 Å². The lowest BCUT2D eigenvalue weighted by Crippen LogP contribution is -2.68. The third-order valence-electron chi connectivity index (χ3n) is 4.55. The van der Waals surface area contributed by atoms with Crippen LogP contribution in [0.15, 0.2) is 0 Å². The minimum Gasteiger partial charge on any atom is -0.481 e. The average molecular weight is 368 g/mol. The van der Waals surface area contributed by atoms with E-state index >= 15 is 0 Å². The van der Waals surface area contributed by atoms with Crippen molar-refractivity contribution in [1.29, 1.82) is 0 Å². The number of hydrogen-bond donors (Lipinski definition) is 3. The molecule has 4 atom stereocenters. The minimum absolute atomic E-state index is 0.238. The summed E-state index contributed by atoms with van der Waals surface area (Å²) >= 11 is 1.54. The van der Waals surface area contributed by atoms with Crippen molar-refractivity contribution in [2.24, 2.45) is 5.92 Å². The fraction of sp³-hybridized carbons (Fsp3) is 0.714. The van der Waals surface area contributed by atoms with Crippen molar-refractivity contribution in [3.05, 3.63) is 5.82 Å². The van der Waals surface area contributed by atoms with Crippen LogP contribution in [-0.2, 0) is 14.4 Å². The maximum atomic E-state index is 12.6. The van der Waals surface area contributed by atoms with Crippen LogP contribution >= 0.6 is 11.8 Å². The fourth-order valence-corrected chi connectivity index (χ4v) is 5.02. The molecule has 2 fully saturated rings. The maximum absolute atomic E-state index is 12.6. The van der Waals surface area contributed by atoms with Crippen LogP contribution < -0.4 is 5.32 Å². The molecule has 2 aliphatic heterocycles. The first kappa shape index (κ1) is 17.6. The highest BCUT2D eigenvalue weighted by molar-refractivity contribution is 8.01. The molecule has 1 aromatic heterocycles. The van der Waals surface area contributed by atoms with E-state index in [4.69, 9.17) is 0 Å². The van der Waals surface area contributed by atoms with Crippen molar-refractivity contribution in [1.82, 2.24) is 30.8 Å². The van der Waals surface area contributed by atoms with Crippen LogP contribution in [0.2, 0.25) is 0 Å². The van der Waals surface area contributed by atoms with E-state index in [-0.39, 0.29) is 28.5 Å². The molecule has 10 nitrogen and oxygen atoms in total. The third kappa shape index (κ3) is 2.86. The predicted molar refractivity (Wildman–Crippen MR) is 87.2 cm³/mol. The molecule has 0 spiro atoms. The lowest BCUT2D eigenvalue weighted by Gasteiger charge is -2.44. The molecular formula is C14H20N6O4S. The van der Waals surface area contributed by atoms with E-state index in [0.717, 1.165) is 0 Å². The minimum atomic E-state index is -1.17. The van der Waals surface area contributed by atoms with E-state index in [2.05, 4.69) is 25.9 Å². The molecule has 0 aliphatic carbocycles. The quantitative estimate of drug-likeness (QED) is 0.468. The Bertz CT molecular complexity index is 694. The first-order chi connectivity index (χ1) is 11.8. The molecule has 2 aliphatic rings. The Labute approximate surface area is 148 Å². The molecule has 3 heterocycles. The van der Waals surface area contributed by atoms with Crippen LogP contribution in [-0.4, -0.2) is 64.6 Å². The van der Waals surface area contributed by atoms with Crippen molar-refractivity contribution in [2.75, 3.05) is 0 Å². The first-order valence-electron chi connectivity index (χ1n) is 8.04. The molecule has 1 aromatic rings. The lowest BCUT2D eigenvalue weighted by atomic mass is 9.94. The molecule has 3 unspecified atom stereocenters. The van der Waals surface area contributed by atoms with Gasteiger partial charge in [-0.2, -0.15) is 0 Å². The average Bonchev–Trinajstić information content (AvgIpc) is 3.13. The number of aromatic amines is 1. The molecule has 2 amide bonds. The second kappa shape index (κ2) is 6.28. The van der Waals surface area contributed by atoms with E-state index in [1.165, 1.54) is 11.8 Å². The van der Waals surface area contributed by atoms with Gasteiger partial charge >= 0.3 is 5.97 Å². The number of rotatable bonds is 6. The second-order valence-corrected chi connectivity index (χ2v) is 8.48. The van der Waals surface area contributed by atoms with Crippen LogP contribution in [0.25, 0.3) is 0 Å². The lowest BCUT2D eigenvalue weighted by molar-refractivity contribution is -0.155. The number of hydrogen-bond acceptors (Lipinski definition) is 7. The van der Waals surface area contributed by atoms with Crippen molar-refractivity contribution in [3.63, 3.8) is 0 Å². The molecular weight excluding hydrogens is 348 g/mol. The van der Waals surface area contributed by atoms with E-state index in [9.17, 15) is 19.5 Å². The summed E-state index contributed by atoms with van der Waals surface area (Å²) in [6.07, 6.45) is 0.808. The fourth-order valence-electron chi connectivity index (χ4n) is 3.38. The van der Waals surface area contributed by atoms with Gasteiger partial charge in [-0.1, -0.05) is 13.3 Å². The maximum Gasteiger partial charge on any atom is 0.316 e. The van der Waals surface area contributed by atoms with E-state index in [1.54, 1.807) is 4.90 Å². The zero-order valence-electron chi connectivity index (χ0n) is 14.1. The van der Waals surface area contributed by atoms with Crippen molar-refractivity contribution >= 4 is 29.5 Å². The summed E-state index contributed by atoms with van der Waals surface area (Å²) in [5.74, 6) is -2.69. The number of tetrazole rings is 1. The number of fused-ring (bicyclic) bond motifs is 1. The van der Waals surface area contributed by atoms with Crippen LogP contribution in [0.3, 0.4) is 0 Å². The standard InChI is InChI=1S/C14H20N6O4S/c1-4-5-6(13(23)24)10(21)15-7-11(22)20-8(9-16-18-19-17-9)14(2,3)25-12(7)20/h6-8,12H,4-5H2,1-3H3,(H,15,21)(H,23,24)(H,16,17,18,19)/t6?,7?,8?,12-/m0/s1. The smallest absolute Gasteiger partial charge is 0.316 e. The number of carboxylic acids is 1. The Morgan fingerprint density at radius 1 is 1.48 bits per heavy atom. The summed E-state index contributed by atoms with van der Waals surface area (Å²) in [6.45, 7) is 5.77. The van der Waals surface area contributed by atoms with Crippen LogP contribution in [0, 0.1) is 5.92 Å². The molecule has 11 heteroatoms. The molecule has 0 saturated carbocycles. The molecule has 136 valence electrons. The van der Waals surface area contributed by atoms with E-state index in [0.29, 0.717) is 12.2 Å². The Morgan fingerprint density at radius 2 is 2.20 bits per heavy atom. The summed E-state index contributed by atoms with van der Waals surface area (Å²) < 4.78 is -0.351. The Balaban J connectivity index is 1.75. The zero-order valence-corrected chi connectivity index (χ0v) is 14.9. The number of nitrogens with zero attached hydrogens (tertiary/aromatic N) is 4. The number of aliphatic carboxylic acids is 1. The number of carbonyl (C=O) groups excluding carboxylic acids is 2. The molecule has 3 N–H and O–H groups in total. The Kier molecular flexibility index (Phi) is 4.43. The number of aromatic nitrogens is 4. The van der Waals surface area contributed by atoms with Gasteiger partial charge in [-0.3, -0.25) is 14.4 Å². The number of amides is 2.